The van der Waals surface area contributed by atoms with Crippen LogP contribution in [0.5, 0.6) is 5.75 Å². The second-order valence-electron chi connectivity index (χ2n) is 8.67. The van der Waals surface area contributed by atoms with Crippen LogP contribution >= 0.6 is 11.3 Å². The maximum Gasteiger partial charge on any atom is 0.275 e. The number of hydrogen-bond donors (Lipinski definition) is 1. The van der Waals surface area contributed by atoms with Gasteiger partial charge in [0.2, 0.25) is 0 Å². The molecular formula is C28H29N5O2S. The summed E-state index contributed by atoms with van der Waals surface area (Å²) in [6, 6.07) is 19.9. The summed E-state index contributed by atoms with van der Waals surface area (Å²) in [5, 5.41) is 5.70. The van der Waals surface area contributed by atoms with Gasteiger partial charge in [0.05, 0.1) is 18.5 Å². The maximum absolute atomic E-state index is 13.0. The molecule has 184 valence electrons. The molecule has 8 heteroatoms. The summed E-state index contributed by atoms with van der Waals surface area (Å²) in [6.45, 7) is 4.86. The highest BCUT2D eigenvalue weighted by molar-refractivity contribution is 7.13. The van der Waals surface area contributed by atoms with Crippen molar-refractivity contribution < 1.29 is 9.53 Å². The Bertz CT molecular complexity index is 1280. The van der Waals surface area contributed by atoms with Crippen LogP contribution in [0.15, 0.2) is 78.4 Å². The summed E-state index contributed by atoms with van der Waals surface area (Å²) in [7, 11) is 1.64. The van der Waals surface area contributed by atoms with Crippen LogP contribution in [0.25, 0.3) is 10.6 Å². The molecule has 5 rings (SSSR count). The molecule has 1 amide bonds. The lowest BCUT2D eigenvalue weighted by Gasteiger charge is -2.37. The second kappa shape index (κ2) is 11.3. The minimum atomic E-state index is -0.200. The quantitative estimate of drug-likeness (QED) is 0.374. The molecule has 0 bridgehead atoms. The van der Waals surface area contributed by atoms with E-state index in [0.29, 0.717) is 5.69 Å². The van der Waals surface area contributed by atoms with Crippen molar-refractivity contribution in [3.63, 3.8) is 0 Å². The van der Waals surface area contributed by atoms with Gasteiger partial charge in [0.25, 0.3) is 5.91 Å². The number of para-hydroxylation sites is 2. The summed E-state index contributed by atoms with van der Waals surface area (Å²) in [6.07, 6.45) is 4.73. The zero-order valence-electron chi connectivity index (χ0n) is 20.3. The minimum Gasteiger partial charge on any atom is -0.497 e. The van der Waals surface area contributed by atoms with E-state index in [-0.39, 0.29) is 5.91 Å². The number of amides is 1. The number of anilines is 2. The number of benzene rings is 2. The molecule has 7 nitrogen and oxygen atoms in total. The first kappa shape index (κ1) is 24.0. The number of piperazine rings is 1. The van der Waals surface area contributed by atoms with Gasteiger partial charge in [0.1, 0.15) is 16.5 Å². The predicted molar refractivity (Wildman–Crippen MR) is 145 cm³/mol. The molecule has 2 aromatic carbocycles. The molecule has 2 aromatic heterocycles. The van der Waals surface area contributed by atoms with Crippen LogP contribution in [0.4, 0.5) is 11.4 Å². The van der Waals surface area contributed by atoms with Crippen LogP contribution < -0.4 is 15.0 Å². The third-order valence-electron chi connectivity index (χ3n) is 6.41. The molecular weight excluding hydrogens is 470 g/mol. The van der Waals surface area contributed by atoms with Crippen molar-refractivity contribution in [2.24, 2.45) is 0 Å². The fourth-order valence-corrected chi connectivity index (χ4v) is 5.14. The Labute approximate surface area is 215 Å². The van der Waals surface area contributed by atoms with E-state index in [0.717, 1.165) is 66.8 Å². The first-order valence-electron chi connectivity index (χ1n) is 12.1. The number of ether oxygens (including phenoxy) is 1. The van der Waals surface area contributed by atoms with Gasteiger partial charge in [-0.25, -0.2) is 4.98 Å². The topological polar surface area (TPSA) is 70.6 Å². The SMILES string of the molecule is COc1ccc(-c2nc(C(=O)Nc3ccccc3N3CCN(CCc4ccncc4)CC3)cs2)cc1. The van der Waals surface area contributed by atoms with Crippen LogP contribution in [-0.2, 0) is 6.42 Å². The summed E-state index contributed by atoms with van der Waals surface area (Å²) in [4.78, 5) is 26.6. The smallest absolute Gasteiger partial charge is 0.275 e. The van der Waals surface area contributed by atoms with E-state index in [2.05, 4.69) is 43.3 Å². The number of nitrogens with one attached hydrogen (secondary N) is 1. The molecule has 4 aromatic rings. The van der Waals surface area contributed by atoms with Crippen molar-refractivity contribution in [1.82, 2.24) is 14.9 Å². The van der Waals surface area contributed by atoms with Crippen LogP contribution in [0.2, 0.25) is 0 Å². The largest absolute Gasteiger partial charge is 0.497 e. The average Bonchev–Trinajstić information content (AvgIpc) is 3.44. The predicted octanol–water partition coefficient (Wildman–Crippen LogP) is 4.83. The summed E-state index contributed by atoms with van der Waals surface area (Å²) < 4.78 is 5.22. The summed E-state index contributed by atoms with van der Waals surface area (Å²) >= 11 is 1.46. The molecule has 0 radical (unpaired) electrons. The van der Waals surface area contributed by atoms with Crippen molar-refractivity contribution in [1.29, 1.82) is 0 Å². The molecule has 0 spiro atoms. The molecule has 0 unspecified atom stereocenters. The first-order chi connectivity index (χ1) is 17.7. The maximum atomic E-state index is 13.0. The number of aromatic nitrogens is 2. The number of pyridine rings is 1. The first-order valence-corrected chi connectivity index (χ1v) is 12.9. The van der Waals surface area contributed by atoms with Crippen molar-refractivity contribution >= 4 is 28.6 Å². The number of thiazole rings is 1. The van der Waals surface area contributed by atoms with Crippen LogP contribution in [0, 0.1) is 0 Å². The third kappa shape index (κ3) is 5.72. The number of methoxy groups -OCH3 is 1. The van der Waals surface area contributed by atoms with Gasteiger partial charge in [-0.2, -0.15) is 0 Å². The Hall–Kier alpha value is -3.75. The van der Waals surface area contributed by atoms with Gasteiger partial charge in [-0.05, 0) is 60.5 Å². The Kier molecular flexibility index (Phi) is 7.54. The van der Waals surface area contributed by atoms with Crippen LogP contribution in [-0.4, -0.2) is 60.6 Å². The lowest BCUT2D eigenvalue weighted by molar-refractivity contribution is 0.102. The van der Waals surface area contributed by atoms with Gasteiger partial charge in [-0.3, -0.25) is 14.7 Å². The van der Waals surface area contributed by atoms with Crippen LogP contribution in [0.1, 0.15) is 16.1 Å². The van der Waals surface area contributed by atoms with E-state index in [1.165, 1.54) is 16.9 Å². The van der Waals surface area contributed by atoms with E-state index < -0.39 is 0 Å². The second-order valence-corrected chi connectivity index (χ2v) is 9.53. The fourth-order valence-electron chi connectivity index (χ4n) is 4.33. The molecule has 1 fully saturated rings. The summed E-state index contributed by atoms with van der Waals surface area (Å²) in [5.41, 5.74) is 4.55. The highest BCUT2D eigenvalue weighted by atomic mass is 32.1. The molecule has 3 heterocycles. The lowest BCUT2D eigenvalue weighted by atomic mass is 10.1. The number of hydrogen-bond acceptors (Lipinski definition) is 7. The third-order valence-corrected chi connectivity index (χ3v) is 7.30. The highest BCUT2D eigenvalue weighted by Crippen LogP contribution is 2.29. The monoisotopic (exact) mass is 499 g/mol. The number of rotatable bonds is 8. The van der Waals surface area contributed by atoms with Gasteiger partial charge in [-0.15, -0.1) is 11.3 Å². The lowest BCUT2D eigenvalue weighted by Crippen LogP contribution is -2.47. The van der Waals surface area contributed by atoms with Gasteiger partial charge >= 0.3 is 0 Å². The van der Waals surface area contributed by atoms with E-state index in [1.54, 1.807) is 12.5 Å². The Balaban J connectivity index is 1.20. The Morgan fingerprint density at radius 1 is 1.00 bits per heavy atom. The summed E-state index contributed by atoms with van der Waals surface area (Å²) in [5.74, 6) is 0.592. The Morgan fingerprint density at radius 3 is 2.50 bits per heavy atom. The molecule has 1 aliphatic rings. The number of carbonyl (C=O) groups is 1. The van der Waals surface area contributed by atoms with Gasteiger partial charge in [0.15, 0.2) is 0 Å². The number of nitrogens with zero attached hydrogens (tertiary/aromatic N) is 4. The normalized spacial score (nSPS) is 14.0. The van der Waals surface area contributed by atoms with Crippen molar-refractivity contribution in [3.8, 4) is 16.3 Å². The molecule has 0 atom stereocenters. The van der Waals surface area contributed by atoms with Gasteiger partial charge in [-0.1, -0.05) is 12.1 Å². The van der Waals surface area contributed by atoms with E-state index in [4.69, 9.17) is 4.74 Å². The molecule has 0 aliphatic carbocycles. The van der Waals surface area contributed by atoms with Gasteiger partial charge in [0, 0.05) is 56.1 Å². The molecule has 36 heavy (non-hydrogen) atoms. The minimum absolute atomic E-state index is 0.200. The zero-order chi connectivity index (χ0) is 24.7. The highest BCUT2D eigenvalue weighted by Gasteiger charge is 2.20. The standard InChI is InChI=1S/C28H29N5O2S/c1-35-23-8-6-22(7-9-23)28-31-25(20-36-28)27(34)30-24-4-2-3-5-26(24)33-18-16-32(17-19-33)15-12-21-10-13-29-14-11-21/h2-11,13-14,20H,12,15-19H2,1H3,(H,30,34). The average molecular weight is 500 g/mol. The zero-order valence-corrected chi connectivity index (χ0v) is 21.1. The van der Waals surface area contributed by atoms with Crippen molar-refractivity contribution in [3.05, 3.63) is 89.7 Å². The molecule has 1 aliphatic heterocycles. The Morgan fingerprint density at radius 2 is 1.75 bits per heavy atom. The van der Waals surface area contributed by atoms with E-state index >= 15 is 0 Å². The molecule has 0 saturated carbocycles. The van der Waals surface area contributed by atoms with Crippen molar-refractivity contribution in [2.45, 2.75) is 6.42 Å². The van der Waals surface area contributed by atoms with E-state index in [9.17, 15) is 4.79 Å². The van der Waals surface area contributed by atoms with Gasteiger partial charge < -0.3 is 15.0 Å². The van der Waals surface area contributed by atoms with E-state index in [1.807, 2.05) is 54.9 Å². The van der Waals surface area contributed by atoms with Crippen molar-refractivity contribution in [2.75, 3.05) is 50.1 Å². The number of carbonyl (C=O) groups excluding carboxylic acids is 1. The van der Waals surface area contributed by atoms with Crippen LogP contribution in [0.3, 0.4) is 0 Å². The fraction of sp³-hybridized carbons (Fsp3) is 0.250. The molecule has 1 N–H and O–H groups in total. The molecule has 1 saturated heterocycles.